The van der Waals surface area contributed by atoms with Crippen molar-refractivity contribution in [1.29, 1.82) is 0 Å². The second-order valence-electron chi connectivity index (χ2n) is 6.23. The van der Waals surface area contributed by atoms with Gasteiger partial charge in [0.05, 0.1) is 7.11 Å². The molecule has 6 heteroatoms. The van der Waals surface area contributed by atoms with Crippen LogP contribution in [0.4, 0.5) is 0 Å². The topological polar surface area (TPSA) is 47.6 Å². The van der Waals surface area contributed by atoms with Gasteiger partial charge in [-0.2, -0.15) is 0 Å². The zero-order valence-electron chi connectivity index (χ0n) is 16.1. The Morgan fingerprint density at radius 1 is 1.11 bits per heavy atom. The lowest BCUT2D eigenvalue weighted by atomic mass is 10.2. The predicted octanol–water partition coefficient (Wildman–Crippen LogP) is 5.90. The third-order valence-corrected chi connectivity index (χ3v) is 4.84. The number of methoxy groups -OCH3 is 1. The molecular weight excluding hydrogens is 397 g/mol. The molecule has 4 nitrogen and oxygen atoms in total. The number of benzene rings is 2. The Morgan fingerprint density at radius 3 is 2.54 bits per heavy atom. The molecule has 2 aromatic rings. The van der Waals surface area contributed by atoms with E-state index >= 15 is 0 Å². The van der Waals surface area contributed by atoms with Crippen LogP contribution in [-0.4, -0.2) is 19.6 Å². The molecule has 0 aliphatic heterocycles. The molecule has 0 aliphatic rings. The molecule has 2 rings (SSSR count). The summed E-state index contributed by atoms with van der Waals surface area (Å²) in [7, 11) is 1.57. The summed E-state index contributed by atoms with van der Waals surface area (Å²) in [5.74, 6) is 1.03. The predicted molar refractivity (Wildman–Crippen MR) is 115 cm³/mol. The molecule has 1 amide bonds. The molecular formula is C22H25Cl2NO3. The fourth-order valence-electron chi connectivity index (χ4n) is 2.54. The number of ether oxygens (including phenoxy) is 2. The van der Waals surface area contributed by atoms with E-state index in [0.29, 0.717) is 28.1 Å². The van der Waals surface area contributed by atoms with Crippen molar-refractivity contribution in [3.63, 3.8) is 0 Å². The van der Waals surface area contributed by atoms with Crippen molar-refractivity contribution in [2.75, 3.05) is 13.7 Å². The van der Waals surface area contributed by atoms with E-state index in [9.17, 15) is 4.79 Å². The van der Waals surface area contributed by atoms with Crippen molar-refractivity contribution in [3.8, 4) is 11.5 Å². The van der Waals surface area contributed by atoms with Crippen LogP contribution in [0.25, 0.3) is 6.08 Å². The smallest absolute Gasteiger partial charge is 0.243 e. The Hall–Kier alpha value is -2.17. The molecule has 0 saturated carbocycles. The van der Waals surface area contributed by atoms with Gasteiger partial charge in [0.2, 0.25) is 5.91 Å². The van der Waals surface area contributed by atoms with Crippen molar-refractivity contribution < 1.29 is 14.3 Å². The number of carbonyl (C=O) groups is 1. The van der Waals surface area contributed by atoms with Gasteiger partial charge in [0, 0.05) is 28.2 Å². The summed E-state index contributed by atoms with van der Waals surface area (Å²) >= 11 is 12.4. The maximum atomic E-state index is 11.8. The lowest BCUT2D eigenvalue weighted by molar-refractivity contribution is -0.116. The molecule has 0 aliphatic carbocycles. The second-order valence-corrected chi connectivity index (χ2v) is 7.05. The molecule has 0 aromatic heterocycles. The highest BCUT2D eigenvalue weighted by molar-refractivity contribution is 6.35. The molecule has 0 heterocycles. The minimum Gasteiger partial charge on any atom is -0.493 e. The third-order valence-electron chi connectivity index (χ3n) is 4.13. The highest BCUT2D eigenvalue weighted by Crippen LogP contribution is 2.31. The van der Waals surface area contributed by atoms with Crippen LogP contribution in [0.15, 0.2) is 42.5 Å². The number of carbonyl (C=O) groups excluding carboxylic acids is 1. The quantitative estimate of drug-likeness (QED) is 0.383. The Kier molecular flexibility index (Phi) is 9.18. The highest BCUT2D eigenvalue weighted by Gasteiger charge is 2.09. The summed E-state index contributed by atoms with van der Waals surface area (Å²) < 4.78 is 11.2. The molecule has 0 radical (unpaired) electrons. The Labute approximate surface area is 176 Å². The summed E-state index contributed by atoms with van der Waals surface area (Å²) in [4.78, 5) is 11.8. The van der Waals surface area contributed by atoms with Crippen molar-refractivity contribution in [2.24, 2.45) is 0 Å². The van der Waals surface area contributed by atoms with Gasteiger partial charge in [-0.15, -0.1) is 0 Å². The van der Waals surface area contributed by atoms with Gasteiger partial charge in [-0.1, -0.05) is 55.1 Å². The van der Waals surface area contributed by atoms with E-state index in [1.54, 1.807) is 37.5 Å². The van der Waals surface area contributed by atoms with Crippen LogP contribution in [0.5, 0.6) is 11.5 Å². The first-order chi connectivity index (χ1) is 13.5. The minimum atomic E-state index is -0.108. The molecule has 0 spiro atoms. The van der Waals surface area contributed by atoms with Crippen molar-refractivity contribution in [1.82, 2.24) is 5.32 Å². The first kappa shape index (κ1) is 22.1. The summed E-state index contributed by atoms with van der Waals surface area (Å²) in [6.45, 7) is 3.05. The van der Waals surface area contributed by atoms with E-state index < -0.39 is 0 Å². The number of amides is 1. The van der Waals surface area contributed by atoms with Gasteiger partial charge in [0.25, 0.3) is 0 Å². The molecule has 0 unspecified atom stereocenters. The van der Waals surface area contributed by atoms with Gasteiger partial charge in [-0.25, -0.2) is 0 Å². The number of hydrogen-bond acceptors (Lipinski definition) is 3. The van der Waals surface area contributed by atoms with Gasteiger partial charge in [-0.05, 0) is 42.3 Å². The first-order valence-corrected chi connectivity index (χ1v) is 10.0. The maximum Gasteiger partial charge on any atom is 0.243 e. The lowest BCUT2D eigenvalue weighted by Crippen LogP contribution is -2.21. The number of halogens is 2. The number of nitrogens with one attached hydrogen (secondary N) is 1. The van der Waals surface area contributed by atoms with E-state index in [0.717, 1.165) is 30.4 Å². The van der Waals surface area contributed by atoms with E-state index in [4.69, 9.17) is 32.7 Å². The van der Waals surface area contributed by atoms with Gasteiger partial charge < -0.3 is 14.8 Å². The molecule has 28 heavy (non-hydrogen) atoms. The van der Waals surface area contributed by atoms with Gasteiger partial charge in [0.1, 0.15) is 6.61 Å². The third kappa shape index (κ3) is 6.77. The average molecular weight is 422 g/mol. The fraction of sp³-hybridized carbons (Fsp3) is 0.318. The van der Waals surface area contributed by atoms with E-state index in [2.05, 4.69) is 12.2 Å². The molecule has 1 N–H and O–H groups in total. The van der Waals surface area contributed by atoms with Crippen LogP contribution in [0.3, 0.4) is 0 Å². The van der Waals surface area contributed by atoms with Crippen LogP contribution in [-0.2, 0) is 11.4 Å². The van der Waals surface area contributed by atoms with E-state index in [-0.39, 0.29) is 12.5 Å². The average Bonchev–Trinajstić information content (AvgIpc) is 2.69. The van der Waals surface area contributed by atoms with Crippen molar-refractivity contribution >= 4 is 35.2 Å². The number of hydrogen-bond donors (Lipinski definition) is 1. The minimum absolute atomic E-state index is 0.108. The summed E-state index contributed by atoms with van der Waals surface area (Å²) in [6.07, 6.45) is 6.49. The van der Waals surface area contributed by atoms with Crippen LogP contribution in [0, 0.1) is 0 Å². The zero-order valence-corrected chi connectivity index (χ0v) is 17.6. The Balaban J connectivity index is 1.99. The van der Waals surface area contributed by atoms with Crippen LogP contribution >= 0.6 is 23.2 Å². The molecule has 2 aromatic carbocycles. The van der Waals surface area contributed by atoms with Gasteiger partial charge in [0.15, 0.2) is 11.5 Å². The van der Waals surface area contributed by atoms with Crippen LogP contribution in [0.2, 0.25) is 10.0 Å². The SMILES string of the molecule is CCCCCNC(=O)/C=C/c1ccc(OCc2c(Cl)cccc2Cl)c(OC)c1. The molecule has 0 fully saturated rings. The van der Waals surface area contributed by atoms with Gasteiger partial charge >= 0.3 is 0 Å². The summed E-state index contributed by atoms with van der Waals surface area (Å²) in [5, 5.41) is 3.97. The van der Waals surface area contributed by atoms with E-state index in [1.807, 2.05) is 12.1 Å². The Morgan fingerprint density at radius 2 is 1.86 bits per heavy atom. The largest absolute Gasteiger partial charge is 0.493 e. The highest BCUT2D eigenvalue weighted by atomic mass is 35.5. The number of unbranched alkanes of at least 4 members (excludes halogenated alkanes) is 2. The van der Waals surface area contributed by atoms with Crippen LogP contribution < -0.4 is 14.8 Å². The van der Waals surface area contributed by atoms with Gasteiger partial charge in [-0.3, -0.25) is 4.79 Å². The van der Waals surface area contributed by atoms with Crippen molar-refractivity contribution in [2.45, 2.75) is 32.8 Å². The summed E-state index contributed by atoms with van der Waals surface area (Å²) in [5.41, 5.74) is 1.56. The Bertz CT molecular complexity index is 801. The monoisotopic (exact) mass is 421 g/mol. The normalized spacial score (nSPS) is 10.9. The second kappa shape index (κ2) is 11.6. The standard InChI is InChI=1S/C22H25Cl2NO3/c1-3-4-5-13-25-22(26)12-10-16-9-11-20(21(14-16)27-2)28-15-17-18(23)7-6-8-19(17)24/h6-12,14H,3-5,13,15H2,1-2H3,(H,25,26)/b12-10+. The van der Waals surface area contributed by atoms with Crippen LogP contribution in [0.1, 0.15) is 37.3 Å². The fourth-order valence-corrected chi connectivity index (χ4v) is 3.05. The lowest BCUT2D eigenvalue weighted by Gasteiger charge is -2.13. The van der Waals surface area contributed by atoms with E-state index in [1.165, 1.54) is 6.08 Å². The zero-order chi connectivity index (χ0) is 20.4. The first-order valence-electron chi connectivity index (χ1n) is 9.24. The maximum absolute atomic E-state index is 11.8. The number of rotatable bonds is 10. The van der Waals surface area contributed by atoms with Crippen molar-refractivity contribution in [3.05, 3.63) is 63.6 Å². The molecule has 0 atom stereocenters. The summed E-state index contributed by atoms with van der Waals surface area (Å²) in [6, 6.07) is 10.8. The molecule has 0 bridgehead atoms. The molecule has 0 saturated heterocycles. The molecule has 150 valence electrons.